The molecular weight excluding hydrogens is 256 g/mol. The van der Waals surface area contributed by atoms with Crippen molar-refractivity contribution >= 4 is 0 Å². The van der Waals surface area contributed by atoms with Crippen molar-refractivity contribution in [2.75, 3.05) is 13.2 Å². The molecule has 1 aliphatic rings. The quantitative estimate of drug-likeness (QED) is 0.857. The molecule has 0 spiro atoms. The van der Waals surface area contributed by atoms with Crippen LogP contribution in [0.25, 0.3) is 11.5 Å². The first kappa shape index (κ1) is 13.1. The second kappa shape index (κ2) is 5.63. The lowest BCUT2D eigenvalue weighted by atomic mass is 10.1. The maximum absolute atomic E-state index is 5.61. The number of hydrogen-bond acceptors (Lipinski definition) is 5. The van der Waals surface area contributed by atoms with Crippen molar-refractivity contribution in [3.05, 3.63) is 30.1 Å². The van der Waals surface area contributed by atoms with Crippen LogP contribution in [0.2, 0.25) is 0 Å². The van der Waals surface area contributed by atoms with Crippen LogP contribution in [-0.2, 0) is 4.74 Å². The van der Waals surface area contributed by atoms with Gasteiger partial charge in [0.15, 0.2) is 5.82 Å². The minimum Gasteiger partial charge on any atom is -0.491 e. The number of benzene rings is 1. The second-order valence-corrected chi connectivity index (χ2v) is 5.21. The molecule has 1 fully saturated rings. The predicted octanol–water partition coefficient (Wildman–Crippen LogP) is 3.03. The second-order valence-electron chi connectivity index (χ2n) is 5.21. The highest BCUT2D eigenvalue weighted by Crippen LogP contribution is 2.26. The third kappa shape index (κ3) is 2.82. The average Bonchev–Trinajstić information content (AvgIpc) is 3.10. The van der Waals surface area contributed by atoms with Crippen LogP contribution in [0.5, 0.6) is 5.75 Å². The molecular formula is C15H18N2O3. The Bertz CT molecular complexity index is 557. The lowest BCUT2D eigenvalue weighted by Gasteiger charge is -2.09. The molecule has 1 saturated heterocycles. The molecule has 0 aliphatic carbocycles. The van der Waals surface area contributed by atoms with Crippen LogP contribution in [0.15, 0.2) is 28.8 Å². The van der Waals surface area contributed by atoms with Gasteiger partial charge in [-0.3, -0.25) is 0 Å². The molecule has 20 heavy (non-hydrogen) atoms. The molecule has 5 heteroatoms. The molecule has 0 saturated carbocycles. The Balaban J connectivity index is 1.75. The van der Waals surface area contributed by atoms with E-state index in [-0.39, 0.29) is 12.0 Å². The van der Waals surface area contributed by atoms with E-state index in [1.807, 2.05) is 38.1 Å². The lowest BCUT2D eigenvalue weighted by Crippen LogP contribution is -2.05. The van der Waals surface area contributed by atoms with E-state index in [2.05, 4.69) is 10.1 Å². The van der Waals surface area contributed by atoms with Crippen LogP contribution in [0.3, 0.4) is 0 Å². The van der Waals surface area contributed by atoms with E-state index in [0.29, 0.717) is 12.5 Å². The van der Waals surface area contributed by atoms with Crippen LogP contribution >= 0.6 is 0 Å². The summed E-state index contributed by atoms with van der Waals surface area (Å²) in [4.78, 5) is 4.45. The molecule has 5 nitrogen and oxygen atoms in total. The van der Waals surface area contributed by atoms with E-state index in [4.69, 9.17) is 14.0 Å². The molecule has 106 valence electrons. The Morgan fingerprint density at radius 2 is 2.05 bits per heavy atom. The zero-order chi connectivity index (χ0) is 13.9. The summed E-state index contributed by atoms with van der Waals surface area (Å²) >= 11 is 0. The lowest BCUT2D eigenvalue weighted by molar-refractivity contribution is 0.192. The first-order chi connectivity index (χ1) is 9.72. The number of hydrogen-bond donors (Lipinski definition) is 0. The molecule has 2 aromatic rings. The Morgan fingerprint density at radius 3 is 2.70 bits per heavy atom. The fourth-order valence-electron chi connectivity index (χ4n) is 2.20. The Morgan fingerprint density at radius 1 is 1.25 bits per heavy atom. The summed E-state index contributed by atoms with van der Waals surface area (Å²) in [6.07, 6.45) is 1.12. The van der Waals surface area contributed by atoms with Crippen molar-refractivity contribution in [1.82, 2.24) is 10.1 Å². The van der Waals surface area contributed by atoms with Crippen molar-refractivity contribution in [1.29, 1.82) is 0 Å². The Labute approximate surface area is 117 Å². The first-order valence-electron chi connectivity index (χ1n) is 6.91. The highest BCUT2D eigenvalue weighted by atomic mass is 16.5. The molecule has 0 N–H and O–H groups in total. The van der Waals surface area contributed by atoms with Gasteiger partial charge in [0.1, 0.15) is 5.75 Å². The van der Waals surface area contributed by atoms with Gasteiger partial charge in [0.25, 0.3) is 5.89 Å². The van der Waals surface area contributed by atoms with E-state index < -0.39 is 0 Å². The summed E-state index contributed by atoms with van der Waals surface area (Å²) in [5.74, 6) is 2.38. The maximum atomic E-state index is 5.61. The van der Waals surface area contributed by atoms with Gasteiger partial charge in [0, 0.05) is 18.1 Å². The molecule has 1 aromatic heterocycles. The van der Waals surface area contributed by atoms with Gasteiger partial charge < -0.3 is 14.0 Å². The fourth-order valence-corrected chi connectivity index (χ4v) is 2.20. The van der Waals surface area contributed by atoms with E-state index >= 15 is 0 Å². The summed E-state index contributed by atoms with van der Waals surface area (Å²) in [5.41, 5.74) is 0.902. The number of aromatic nitrogens is 2. The van der Waals surface area contributed by atoms with E-state index in [0.717, 1.165) is 30.2 Å². The molecule has 2 heterocycles. The number of rotatable bonds is 4. The largest absolute Gasteiger partial charge is 0.491 e. The monoisotopic (exact) mass is 274 g/mol. The first-order valence-corrected chi connectivity index (χ1v) is 6.91. The zero-order valence-electron chi connectivity index (χ0n) is 11.7. The van der Waals surface area contributed by atoms with Crippen LogP contribution in [0.4, 0.5) is 0 Å². The summed E-state index contributed by atoms with van der Waals surface area (Å²) < 4.78 is 16.3. The SMILES string of the molecule is CC(C)Oc1ccc(-c2nc(C3CCOC3)no2)cc1. The summed E-state index contributed by atoms with van der Waals surface area (Å²) in [5, 5.41) is 4.05. The highest BCUT2D eigenvalue weighted by Gasteiger charge is 2.23. The predicted molar refractivity (Wildman–Crippen MR) is 73.7 cm³/mol. The number of nitrogens with zero attached hydrogens (tertiary/aromatic N) is 2. The molecule has 1 aliphatic heterocycles. The third-order valence-corrected chi connectivity index (χ3v) is 3.21. The van der Waals surface area contributed by atoms with Gasteiger partial charge in [-0.2, -0.15) is 4.98 Å². The van der Waals surface area contributed by atoms with Gasteiger partial charge in [-0.15, -0.1) is 0 Å². The van der Waals surface area contributed by atoms with Gasteiger partial charge in [-0.25, -0.2) is 0 Å². The molecule has 1 atom stereocenters. The standard InChI is InChI=1S/C15H18N2O3/c1-10(2)19-13-5-3-11(4-6-13)15-16-14(17-20-15)12-7-8-18-9-12/h3-6,10,12H,7-9H2,1-2H3. The van der Waals surface area contributed by atoms with Gasteiger partial charge in [0.2, 0.25) is 0 Å². The van der Waals surface area contributed by atoms with Crippen molar-refractivity contribution in [3.63, 3.8) is 0 Å². The average molecular weight is 274 g/mol. The van der Waals surface area contributed by atoms with Crippen LogP contribution in [0.1, 0.15) is 32.0 Å². The van der Waals surface area contributed by atoms with E-state index in [9.17, 15) is 0 Å². The molecule has 0 bridgehead atoms. The normalized spacial score (nSPS) is 18.6. The van der Waals surface area contributed by atoms with Gasteiger partial charge in [-0.1, -0.05) is 5.16 Å². The van der Waals surface area contributed by atoms with Crippen molar-refractivity contribution in [2.24, 2.45) is 0 Å². The van der Waals surface area contributed by atoms with Crippen molar-refractivity contribution < 1.29 is 14.0 Å². The third-order valence-electron chi connectivity index (χ3n) is 3.21. The minimum atomic E-state index is 0.165. The zero-order valence-corrected chi connectivity index (χ0v) is 11.7. The molecule has 1 unspecified atom stereocenters. The molecule has 1 aromatic carbocycles. The molecule has 0 radical (unpaired) electrons. The molecule has 0 amide bonds. The molecule has 3 rings (SSSR count). The van der Waals surface area contributed by atoms with Gasteiger partial charge in [-0.05, 0) is 44.5 Å². The van der Waals surface area contributed by atoms with Crippen LogP contribution < -0.4 is 4.74 Å². The Kier molecular flexibility index (Phi) is 3.69. The van der Waals surface area contributed by atoms with Crippen molar-refractivity contribution in [2.45, 2.75) is 32.3 Å². The van der Waals surface area contributed by atoms with E-state index in [1.165, 1.54) is 0 Å². The van der Waals surface area contributed by atoms with E-state index in [1.54, 1.807) is 0 Å². The summed E-state index contributed by atoms with van der Waals surface area (Å²) in [6, 6.07) is 7.69. The maximum Gasteiger partial charge on any atom is 0.257 e. The summed E-state index contributed by atoms with van der Waals surface area (Å²) in [7, 11) is 0. The minimum absolute atomic E-state index is 0.165. The Hall–Kier alpha value is -1.88. The van der Waals surface area contributed by atoms with Crippen molar-refractivity contribution in [3.8, 4) is 17.2 Å². The number of ether oxygens (including phenoxy) is 2. The smallest absolute Gasteiger partial charge is 0.257 e. The fraction of sp³-hybridized carbons (Fsp3) is 0.467. The topological polar surface area (TPSA) is 57.4 Å². The van der Waals surface area contributed by atoms with Gasteiger partial charge >= 0.3 is 0 Å². The summed E-state index contributed by atoms with van der Waals surface area (Å²) in [6.45, 7) is 5.46. The van der Waals surface area contributed by atoms with Crippen LogP contribution in [0, 0.1) is 0 Å². The highest BCUT2D eigenvalue weighted by molar-refractivity contribution is 5.54. The van der Waals surface area contributed by atoms with Crippen LogP contribution in [-0.4, -0.2) is 29.5 Å². The van der Waals surface area contributed by atoms with Gasteiger partial charge in [0.05, 0.1) is 12.7 Å².